The van der Waals surface area contributed by atoms with Gasteiger partial charge in [-0.15, -0.1) is 0 Å². The largest absolute Gasteiger partial charge is 0.493 e. The van der Waals surface area contributed by atoms with E-state index in [1.807, 2.05) is 0 Å². The quantitative estimate of drug-likeness (QED) is 0.832. The number of methoxy groups -OCH3 is 3. The van der Waals surface area contributed by atoms with E-state index in [-0.39, 0.29) is 5.91 Å². The molecule has 0 atom stereocenters. The van der Waals surface area contributed by atoms with Crippen LogP contribution in [0.5, 0.6) is 17.2 Å². The van der Waals surface area contributed by atoms with Gasteiger partial charge >= 0.3 is 0 Å². The summed E-state index contributed by atoms with van der Waals surface area (Å²) < 4.78 is 15.4. The summed E-state index contributed by atoms with van der Waals surface area (Å²) in [4.78, 5) is 11.5. The fraction of sp³-hybridized carbons (Fsp3) is 0.364. The highest BCUT2D eigenvalue weighted by molar-refractivity contribution is 5.95. The molecule has 0 radical (unpaired) electrons. The van der Waals surface area contributed by atoms with Gasteiger partial charge in [-0.2, -0.15) is 0 Å². The van der Waals surface area contributed by atoms with Gasteiger partial charge in [0, 0.05) is 12.6 Å². The highest BCUT2D eigenvalue weighted by Crippen LogP contribution is 2.38. The van der Waals surface area contributed by atoms with Gasteiger partial charge in [-0.25, -0.2) is 0 Å². The van der Waals surface area contributed by atoms with Crippen LogP contribution >= 0.6 is 0 Å². The molecule has 0 unspecified atom stereocenters. The molecule has 88 valence electrons. The first-order chi connectivity index (χ1) is 7.67. The van der Waals surface area contributed by atoms with Gasteiger partial charge in [-0.05, 0) is 12.1 Å². The molecular formula is C11H15NO4. The highest BCUT2D eigenvalue weighted by atomic mass is 16.5. The maximum atomic E-state index is 11.5. The van der Waals surface area contributed by atoms with E-state index in [0.29, 0.717) is 22.8 Å². The monoisotopic (exact) mass is 225 g/mol. The Kier molecular flexibility index (Phi) is 3.99. The molecule has 1 N–H and O–H groups in total. The van der Waals surface area contributed by atoms with E-state index in [1.165, 1.54) is 21.3 Å². The standard InChI is InChI=1S/C11H15NO4/c1-12-11(13)7-5-8(14-2)10(16-4)9(6-7)15-3/h5-6H,1-4H3,(H,12,13). The minimum atomic E-state index is -0.209. The van der Waals surface area contributed by atoms with Crippen molar-refractivity contribution in [3.8, 4) is 17.2 Å². The van der Waals surface area contributed by atoms with Crippen molar-refractivity contribution in [1.82, 2.24) is 5.32 Å². The molecule has 0 aromatic heterocycles. The number of carbonyl (C=O) groups excluding carboxylic acids is 1. The molecule has 0 fully saturated rings. The van der Waals surface area contributed by atoms with Crippen molar-refractivity contribution >= 4 is 5.91 Å². The van der Waals surface area contributed by atoms with Crippen LogP contribution in [0.15, 0.2) is 12.1 Å². The van der Waals surface area contributed by atoms with Gasteiger partial charge < -0.3 is 19.5 Å². The van der Waals surface area contributed by atoms with Gasteiger partial charge in [0.1, 0.15) is 0 Å². The van der Waals surface area contributed by atoms with Crippen LogP contribution in [-0.4, -0.2) is 34.3 Å². The van der Waals surface area contributed by atoms with Crippen molar-refractivity contribution in [3.63, 3.8) is 0 Å². The van der Waals surface area contributed by atoms with Crippen molar-refractivity contribution in [3.05, 3.63) is 17.7 Å². The summed E-state index contributed by atoms with van der Waals surface area (Å²) in [5, 5.41) is 2.53. The lowest BCUT2D eigenvalue weighted by molar-refractivity contribution is 0.0962. The molecule has 1 aromatic carbocycles. The number of hydrogen-bond acceptors (Lipinski definition) is 4. The molecular weight excluding hydrogens is 210 g/mol. The molecule has 0 saturated carbocycles. The summed E-state index contributed by atoms with van der Waals surface area (Å²) in [6, 6.07) is 3.19. The molecule has 5 heteroatoms. The number of nitrogens with one attached hydrogen (secondary N) is 1. The molecule has 1 amide bonds. The molecule has 0 bridgehead atoms. The maximum Gasteiger partial charge on any atom is 0.251 e. The molecule has 0 aliphatic carbocycles. The second-order valence-corrected chi connectivity index (χ2v) is 2.99. The fourth-order valence-corrected chi connectivity index (χ4v) is 1.36. The third kappa shape index (κ3) is 2.18. The number of carbonyl (C=O) groups is 1. The van der Waals surface area contributed by atoms with E-state index in [0.717, 1.165) is 0 Å². The molecule has 16 heavy (non-hydrogen) atoms. The van der Waals surface area contributed by atoms with E-state index in [4.69, 9.17) is 14.2 Å². The predicted octanol–water partition coefficient (Wildman–Crippen LogP) is 1.07. The average molecular weight is 225 g/mol. The number of ether oxygens (including phenoxy) is 3. The van der Waals surface area contributed by atoms with Crippen LogP contribution in [0.25, 0.3) is 0 Å². The van der Waals surface area contributed by atoms with Gasteiger partial charge in [0.2, 0.25) is 5.75 Å². The van der Waals surface area contributed by atoms with Crippen LogP contribution in [0.4, 0.5) is 0 Å². The van der Waals surface area contributed by atoms with Crippen molar-refractivity contribution < 1.29 is 19.0 Å². The number of rotatable bonds is 4. The SMILES string of the molecule is CNC(=O)c1cc(OC)c(OC)c(OC)c1. The number of benzene rings is 1. The summed E-state index contributed by atoms with van der Waals surface area (Å²) in [6.45, 7) is 0. The second kappa shape index (κ2) is 5.25. The first-order valence-electron chi connectivity index (χ1n) is 4.70. The normalized spacial score (nSPS) is 9.50. The zero-order valence-corrected chi connectivity index (χ0v) is 9.79. The Morgan fingerprint density at radius 1 is 1.06 bits per heavy atom. The molecule has 0 saturated heterocycles. The fourth-order valence-electron chi connectivity index (χ4n) is 1.36. The summed E-state index contributed by atoms with van der Waals surface area (Å²) in [6.07, 6.45) is 0. The minimum absolute atomic E-state index is 0.209. The number of hydrogen-bond donors (Lipinski definition) is 1. The van der Waals surface area contributed by atoms with Crippen molar-refractivity contribution in [2.75, 3.05) is 28.4 Å². The Hall–Kier alpha value is -1.91. The molecule has 0 aliphatic heterocycles. The number of amides is 1. The van der Waals surface area contributed by atoms with Crippen LogP contribution in [-0.2, 0) is 0 Å². The molecule has 1 aromatic rings. The minimum Gasteiger partial charge on any atom is -0.493 e. The molecule has 0 aliphatic rings. The van der Waals surface area contributed by atoms with E-state index in [9.17, 15) is 4.79 Å². The van der Waals surface area contributed by atoms with Crippen molar-refractivity contribution in [2.45, 2.75) is 0 Å². The summed E-state index contributed by atoms with van der Waals surface area (Å²) >= 11 is 0. The first kappa shape index (κ1) is 12.2. The van der Waals surface area contributed by atoms with Crippen LogP contribution in [0.3, 0.4) is 0 Å². The van der Waals surface area contributed by atoms with Crippen LogP contribution < -0.4 is 19.5 Å². The molecule has 1 rings (SSSR count). The lowest BCUT2D eigenvalue weighted by Gasteiger charge is -2.13. The summed E-state index contributed by atoms with van der Waals surface area (Å²) in [5.41, 5.74) is 0.456. The Labute approximate surface area is 94.3 Å². The zero-order valence-electron chi connectivity index (χ0n) is 9.79. The Morgan fingerprint density at radius 3 is 1.88 bits per heavy atom. The van der Waals surface area contributed by atoms with E-state index in [2.05, 4.69) is 5.32 Å². The maximum absolute atomic E-state index is 11.5. The average Bonchev–Trinajstić information content (AvgIpc) is 2.35. The molecule has 0 heterocycles. The summed E-state index contributed by atoms with van der Waals surface area (Å²) in [5.74, 6) is 1.18. The van der Waals surface area contributed by atoms with E-state index < -0.39 is 0 Å². The van der Waals surface area contributed by atoms with Gasteiger partial charge in [0.15, 0.2) is 11.5 Å². The van der Waals surface area contributed by atoms with Crippen molar-refractivity contribution in [1.29, 1.82) is 0 Å². The lowest BCUT2D eigenvalue weighted by Crippen LogP contribution is -2.18. The third-order valence-corrected chi connectivity index (χ3v) is 2.15. The molecule has 0 spiro atoms. The highest BCUT2D eigenvalue weighted by Gasteiger charge is 2.15. The smallest absolute Gasteiger partial charge is 0.251 e. The molecule has 5 nitrogen and oxygen atoms in total. The third-order valence-electron chi connectivity index (χ3n) is 2.15. The zero-order chi connectivity index (χ0) is 12.1. The van der Waals surface area contributed by atoms with E-state index >= 15 is 0 Å². The van der Waals surface area contributed by atoms with E-state index in [1.54, 1.807) is 19.2 Å². The second-order valence-electron chi connectivity index (χ2n) is 2.99. The van der Waals surface area contributed by atoms with Crippen molar-refractivity contribution in [2.24, 2.45) is 0 Å². The van der Waals surface area contributed by atoms with Gasteiger partial charge in [0.25, 0.3) is 5.91 Å². The van der Waals surface area contributed by atoms with Crippen LogP contribution in [0.2, 0.25) is 0 Å². The lowest BCUT2D eigenvalue weighted by atomic mass is 10.1. The van der Waals surface area contributed by atoms with Crippen LogP contribution in [0.1, 0.15) is 10.4 Å². The van der Waals surface area contributed by atoms with Gasteiger partial charge in [-0.1, -0.05) is 0 Å². The van der Waals surface area contributed by atoms with Crippen LogP contribution in [0, 0.1) is 0 Å². The summed E-state index contributed by atoms with van der Waals surface area (Å²) in [7, 11) is 6.08. The Bertz CT molecular complexity index is 365. The topological polar surface area (TPSA) is 56.8 Å². The Morgan fingerprint density at radius 2 is 1.56 bits per heavy atom. The Balaban J connectivity index is 3.31. The van der Waals surface area contributed by atoms with Gasteiger partial charge in [0.05, 0.1) is 21.3 Å². The van der Waals surface area contributed by atoms with Gasteiger partial charge in [-0.3, -0.25) is 4.79 Å². The predicted molar refractivity (Wildman–Crippen MR) is 59.5 cm³/mol. The first-order valence-corrected chi connectivity index (χ1v) is 4.70.